The predicted octanol–water partition coefficient (Wildman–Crippen LogP) is 2.87. The van der Waals surface area contributed by atoms with Crippen molar-refractivity contribution in [3.8, 4) is 0 Å². The van der Waals surface area contributed by atoms with Crippen molar-refractivity contribution in [2.45, 2.75) is 26.3 Å². The van der Waals surface area contributed by atoms with Crippen LogP contribution in [0, 0.1) is 6.92 Å². The molecule has 2 aromatic carbocycles. The van der Waals surface area contributed by atoms with Crippen molar-refractivity contribution in [2.75, 3.05) is 16.7 Å². The molecule has 0 spiro atoms. The molecule has 0 unspecified atom stereocenters. The molecule has 1 aliphatic heterocycles. The molecule has 1 heterocycles. The van der Waals surface area contributed by atoms with Gasteiger partial charge in [0.05, 0.1) is 23.8 Å². The van der Waals surface area contributed by atoms with Crippen LogP contribution in [0.5, 0.6) is 0 Å². The van der Waals surface area contributed by atoms with Gasteiger partial charge in [0.2, 0.25) is 20.0 Å². The lowest BCUT2D eigenvalue weighted by molar-refractivity contribution is 0.374. The summed E-state index contributed by atoms with van der Waals surface area (Å²) in [5.41, 5.74) is 3.58. The van der Waals surface area contributed by atoms with Crippen molar-refractivity contribution in [3.05, 3.63) is 65.2 Å². The van der Waals surface area contributed by atoms with Crippen molar-refractivity contribution in [3.63, 3.8) is 0 Å². The van der Waals surface area contributed by atoms with Gasteiger partial charge >= 0.3 is 0 Å². The molecule has 0 saturated carbocycles. The normalized spacial score (nSPS) is 17.5. The zero-order valence-corrected chi connectivity index (χ0v) is 17.6. The van der Waals surface area contributed by atoms with Gasteiger partial charge in [0.15, 0.2) is 0 Å². The first-order chi connectivity index (χ1) is 13.1. The molecule has 150 valence electrons. The molecule has 28 heavy (non-hydrogen) atoms. The highest BCUT2D eigenvalue weighted by Gasteiger charge is 2.35. The Morgan fingerprint density at radius 3 is 2.46 bits per heavy atom. The van der Waals surface area contributed by atoms with Crippen molar-refractivity contribution < 1.29 is 16.8 Å². The number of sulfonamides is 2. The maximum atomic E-state index is 12.3. The third-order valence-corrected chi connectivity index (χ3v) is 6.93. The van der Waals surface area contributed by atoms with E-state index in [9.17, 15) is 16.8 Å². The zero-order chi connectivity index (χ0) is 20.5. The Morgan fingerprint density at radius 1 is 1.11 bits per heavy atom. The van der Waals surface area contributed by atoms with Crippen molar-refractivity contribution >= 4 is 31.4 Å². The lowest BCUT2D eigenvalue weighted by atomic mass is 9.96. The SMILES string of the molecule is CCS(=O)(=O)Nc1cccc(C2=NN(S(C)(=O)=O)[C@H](c3ccccc3C)C2)c1. The zero-order valence-electron chi connectivity index (χ0n) is 16.0. The van der Waals surface area contributed by atoms with Crippen LogP contribution in [0.2, 0.25) is 0 Å². The van der Waals surface area contributed by atoms with Crippen LogP contribution in [0.3, 0.4) is 0 Å². The highest BCUT2D eigenvalue weighted by Crippen LogP contribution is 2.36. The smallest absolute Gasteiger partial charge is 0.247 e. The van der Waals surface area contributed by atoms with Crippen LogP contribution in [0.4, 0.5) is 5.69 Å². The number of nitrogens with zero attached hydrogens (tertiary/aromatic N) is 2. The summed E-state index contributed by atoms with van der Waals surface area (Å²) in [4.78, 5) is 0. The highest BCUT2D eigenvalue weighted by molar-refractivity contribution is 7.92. The van der Waals surface area contributed by atoms with Crippen molar-refractivity contribution in [1.82, 2.24) is 4.41 Å². The Hall–Kier alpha value is -2.39. The number of hydrazone groups is 1. The molecule has 0 amide bonds. The number of aryl methyl sites for hydroxylation is 1. The average Bonchev–Trinajstić information content (AvgIpc) is 3.08. The summed E-state index contributed by atoms with van der Waals surface area (Å²) in [6.45, 7) is 3.50. The van der Waals surface area contributed by atoms with Gasteiger partial charge in [-0.2, -0.15) is 9.52 Å². The topological polar surface area (TPSA) is 95.9 Å². The average molecular weight is 422 g/mol. The van der Waals surface area contributed by atoms with E-state index in [4.69, 9.17) is 0 Å². The van der Waals surface area contributed by atoms with Gasteiger partial charge in [0.25, 0.3) is 0 Å². The van der Waals surface area contributed by atoms with Gasteiger partial charge in [0.1, 0.15) is 0 Å². The number of rotatable bonds is 6. The second kappa shape index (κ2) is 7.56. The minimum Gasteiger partial charge on any atom is -0.284 e. The third kappa shape index (κ3) is 4.36. The van der Waals surface area contributed by atoms with E-state index in [1.807, 2.05) is 31.2 Å². The molecule has 1 N–H and O–H groups in total. The molecule has 0 aromatic heterocycles. The Kier molecular flexibility index (Phi) is 5.49. The summed E-state index contributed by atoms with van der Waals surface area (Å²) in [5.74, 6) is -0.0324. The molecule has 0 bridgehead atoms. The van der Waals surface area contributed by atoms with Crippen LogP contribution < -0.4 is 4.72 Å². The maximum Gasteiger partial charge on any atom is 0.247 e. The summed E-state index contributed by atoms with van der Waals surface area (Å²) in [7, 11) is -6.97. The van der Waals surface area contributed by atoms with Gasteiger partial charge in [0, 0.05) is 12.1 Å². The first kappa shape index (κ1) is 20.3. The molecule has 1 atom stereocenters. The Balaban J connectivity index is 1.98. The van der Waals surface area contributed by atoms with Gasteiger partial charge < -0.3 is 0 Å². The number of anilines is 1. The van der Waals surface area contributed by atoms with Crippen LogP contribution in [-0.4, -0.2) is 39.0 Å². The van der Waals surface area contributed by atoms with Gasteiger partial charge in [-0.05, 0) is 42.7 Å². The standard InChI is InChI=1S/C19H23N3O4S2/c1-4-28(25,26)21-16-10-7-9-15(12-16)18-13-19(22(20-18)27(3,23)24)17-11-6-5-8-14(17)2/h5-12,19,21H,4,13H2,1-3H3/t19-/m0/s1. The fourth-order valence-electron chi connectivity index (χ4n) is 3.18. The molecular formula is C19H23N3O4S2. The Bertz CT molecular complexity index is 1130. The minimum absolute atomic E-state index is 0.0324. The summed E-state index contributed by atoms with van der Waals surface area (Å²) in [6.07, 6.45) is 1.54. The first-order valence-corrected chi connectivity index (χ1v) is 12.3. The van der Waals surface area contributed by atoms with Crippen LogP contribution >= 0.6 is 0 Å². The fourth-order valence-corrected chi connectivity index (χ4v) is 4.70. The quantitative estimate of drug-likeness (QED) is 0.776. The minimum atomic E-state index is -3.57. The molecule has 3 rings (SSSR count). The van der Waals surface area contributed by atoms with E-state index >= 15 is 0 Å². The van der Waals surface area contributed by atoms with Crippen LogP contribution in [0.15, 0.2) is 53.6 Å². The van der Waals surface area contributed by atoms with Crippen LogP contribution in [0.25, 0.3) is 0 Å². The van der Waals surface area contributed by atoms with E-state index in [-0.39, 0.29) is 5.75 Å². The summed E-state index contributed by atoms with van der Waals surface area (Å²) in [5, 5.41) is 4.37. The van der Waals surface area contributed by atoms with E-state index in [0.717, 1.165) is 21.8 Å². The van der Waals surface area contributed by atoms with E-state index in [0.29, 0.717) is 23.4 Å². The number of benzene rings is 2. The van der Waals surface area contributed by atoms with E-state index in [2.05, 4.69) is 9.82 Å². The summed E-state index contributed by atoms with van der Waals surface area (Å²) in [6, 6.07) is 14.0. The van der Waals surface area contributed by atoms with E-state index in [1.165, 1.54) is 0 Å². The predicted molar refractivity (Wildman–Crippen MR) is 111 cm³/mol. The number of hydrogen-bond donors (Lipinski definition) is 1. The molecule has 0 aliphatic carbocycles. The second-order valence-corrected chi connectivity index (χ2v) is 10.6. The first-order valence-electron chi connectivity index (χ1n) is 8.84. The molecule has 1 aliphatic rings. The van der Waals surface area contributed by atoms with Crippen molar-refractivity contribution in [1.29, 1.82) is 0 Å². The van der Waals surface area contributed by atoms with Crippen LogP contribution in [0.1, 0.15) is 36.1 Å². The number of nitrogens with one attached hydrogen (secondary N) is 1. The fraction of sp³-hybridized carbons (Fsp3) is 0.316. The van der Waals surface area contributed by atoms with Crippen LogP contribution in [-0.2, 0) is 20.0 Å². The lowest BCUT2D eigenvalue weighted by Gasteiger charge is -2.22. The Morgan fingerprint density at radius 2 is 1.82 bits per heavy atom. The molecule has 0 radical (unpaired) electrons. The lowest BCUT2D eigenvalue weighted by Crippen LogP contribution is -2.26. The second-order valence-electron chi connectivity index (χ2n) is 6.75. The van der Waals surface area contributed by atoms with Gasteiger partial charge in [-0.25, -0.2) is 16.8 Å². The molecule has 0 fully saturated rings. The molecule has 2 aromatic rings. The van der Waals surface area contributed by atoms with Gasteiger partial charge in [-0.3, -0.25) is 4.72 Å². The van der Waals surface area contributed by atoms with Crippen molar-refractivity contribution in [2.24, 2.45) is 5.10 Å². The Labute approximate surface area is 166 Å². The molecule has 0 saturated heterocycles. The van der Waals surface area contributed by atoms with E-state index in [1.54, 1.807) is 31.2 Å². The maximum absolute atomic E-state index is 12.3. The summed E-state index contributed by atoms with van der Waals surface area (Å²) >= 11 is 0. The largest absolute Gasteiger partial charge is 0.284 e. The molecular weight excluding hydrogens is 398 g/mol. The number of hydrogen-bond acceptors (Lipinski definition) is 5. The highest BCUT2D eigenvalue weighted by atomic mass is 32.2. The molecule has 7 nitrogen and oxygen atoms in total. The summed E-state index contributed by atoms with van der Waals surface area (Å²) < 4.78 is 52.0. The monoisotopic (exact) mass is 421 g/mol. The van der Waals surface area contributed by atoms with E-state index < -0.39 is 26.1 Å². The molecule has 9 heteroatoms. The van der Waals surface area contributed by atoms with Gasteiger partial charge in [-0.1, -0.05) is 36.4 Å². The third-order valence-electron chi connectivity index (χ3n) is 4.61. The van der Waals surface area contributed by atoms with Gasteiger partial charge in [-0.15, -0.1) is 0 Å².